The van der Waals surface area contributed by atoms with Crippen LogP contribution in [0.15, 0.2) is 60.7 Å². The predicted octanol–water partition coefficient (Wildman–Crippen LogP) is 5.69. The Hall–Kier alpha value is -3.09. The first-order chi connectivity index (χ1) is 13.9. The Morgan fingerprint density at radius 3 is 2.62 bits per heavy atom. The lowest BCUT2D eigenvalue weighted by atomic mass is 10.2. The van der Waals surface area contributed by atoms with Gasteiger partial charge < -0.3 is 15.4 Å². The Bertz CT molecular complexity index is 1080. The monoisotopic (exact) mass is 426 g/mol. The molecule has 7 heteroatoms. The fourth-order valence-corrected chi connectivity index (χ4v) is 3.76. The van der Waals surface area contributed by atoms with Crippen molar-refractivity contribution in [2.24, 2.45) is 0 Å². The zero-order valence-electron chi connectivity index (χ0n) is 15.9. The van der Waals surface area contributed by atoms with Crippen LogP contribution < -0.4 is 15.4 Å². The van der Waals surface area contributed by atoms with E-state index in [1.807, 2.05) is 36.4 Å². The highest BCUT2D eigenvalue weighted by Crippen LogP contribution is 2.31. The fourth-order valence-electron chi connectivity index (χ4n) is 2.66. The van der Waals surface area contributed by atoms with Crippen LogP contribution in [-0.4, -0.2) is 18.9 Å². The van der Waals surface area contributed by atoms with Gasteiger partial charge in [-0.3, -0.25) is 9.59 Å². The van der Waals surface area contributed by atoms with E-state index in [4.69, 9.17) is 16.3 Å². The molecule has 0 saturated heterocycles. The summed E-state index contributed by atoms with van der Waals surface area (Å²) in [6.07, 6.45) is 3.20. The highest BCUT2D eigenvalue weighted by Gasteiger charge is 2.08. The Morgan fingerprint density at radius 2 is 1.90 bits per heavy atom. The zero-order chi connectivity index (χ0) is 20.8. The van der Waals surface area contributed by atoms with Crippen LogP contribution in [-0.2, 0) is 9.59 Å². The summed E-state index contributed by atoms with van der Waals surface area (Å²) in [5, 5.41) is 6.14. The molecule has 0 radical (unpaired) electrons. The topological polar surface area (TPSA) is 67.4 Å². The quantitative estimate of drug-likeness (QED) is 0.498. The molecule has 0 unspecified atom stereocenters. The van der Waals surface area contributed by atoms with Gasteiger partial charge in [0.25, 0.3) is 0 Å². The predicted molar refractivity (Wildman–Crippen MR) is 120 cm³/mol. The van der Waals surface area contributed by atoms with Gasteiger partial charge in [-0.2, -0.15) is 0 Å². The number of rotatable bonds is 6. The minimum Gasteiger partial charge on any atom is -0.495 e. The van der Waals surface area contributed by atoms with Gasteiger partial charge in [-0.1, -0.05) is 23.7 Å². The number of anilines is 2. The second kappa shape index (κ2) is 9.41. The Balaban J connectivity index is 1.71. The standard InChI is InChI=1S/C22H19ClN2O3S/c1-14(26)24-17-6-9-20(28-2)19(13-17)25-22(27)11-8-18-7-10-21(29-18)15-4-3-5-16(23)12-15/h3-13H,1-2H3,(H,24,26)(H,25,27)/b11-8+. The first-order valence-corrected chi connectivity index (χ1v) is 9.94. The molecule has 0 atom stereocenters. The second-order valence-electron chi connectivity index (χ2n) is 6.13. The largest absolute Gasteiger partial charge is 0.495 e. The number of carbonyl (C=O) groups is 2. The summed E-state index contributed by atoms with van der Waals surface area (Å²) in [6, 6.07) is 16.6. The van der Waals surface area contributed by atoms with Crippen LogP contribution in [0.1, 0.15) is 11.8 Å². The summed E-state index contributed by atoms with van der Waals surface area (Å²) >= 11 is 7.61. The van der Waals surface area contributed by atoms with Gasteiger partial charge in [-0.25, -0.2) is 0 Å². The maximum atomic E-state index is 12.4. The van der Waals surface area contributed by atoms with Gasteiger partial charge in [0.1, 0.15) is 5.75 Å². The van der Waals surface area contributed by atoms with Crippen molar-refractivity contribution in [3.8, 4) is 16.2 Å². The van der Waals surface area contributed by atoms with Gasteiger partial charge in [0.15, 0.2) is 0 Å². The first-order valence-electron chi connectivity index (χ1n) is 8.75. The van der Waals surface area contributed by atoms with Crippen molar-refractivity contribution in [3.63, 3.8) is 0 Å². The number of nitrogens with one attached hydrogen (secondary N) is 2. The number of carbonyl (C=O) groups excluding carboxylic acids is 2. The van der Waals surface area contributed by atoms with Gasteiger partial charge in [0, 0.05) is 33.5 Å². The van der Waals surface area contributed by atoms with Crippen molar-refractivity contribution in [2.45, 2.75) is 6.92 Å². The van der Waals surface area contributed by atoms with Crippen LogP contribution in [0.25, 0.3) is 16.5 Å². The van der Waals surface area contributed by atoms with Gasteiger partial charge in [-0.05, 0) is 54.1 Å². The van der Waals surface area contributed by atoms with Crippen molar-refractivity contribution in [3.05, 3.63) is 70.6 Å². The molecule has 29 heavy (non-hydrogen) atoms. The van der Waals surface area contributed by atoms with Gasteiger partial charge in [-0.15, -0.1) is 11.3 Å². The number of thiophene rings is 1. The number of hydrogen-bond acceptors (Lipinski definition) is 4. The van der Waals surface area contributed by atoms with E-state index in [-0.39, 0.29) is 11.8 Å². The lowest BCUT2D eigenvalue weighted by molar-refractivity contribution is -0.114. The number of halogens is 1. The molecule has 0 saturated carbocycles. The Morgan fingerprint density at radius 1 is 1.07 bits per heavy atom. The van der Waals surface area contributed by atoms with Crippen LogP contribution >= 0.6 is 22.9 Å². The van der Waals surface area contributed by atoms with Crippen LogP contribution in [0.5, 0.6) is 5.75 Å². The summed E-state index contributed by atoms with van der Waals surface area (Å²) in [7, 11) is 1.52. The molecule has 2 amide bonds. The van der Waals surface area contributed by atoms with Crippen LogP contribution in [0.2, 0.25) is 5.02 Å². The lowest BCUT2D eigenvalue weighted by Crippen LogP contribution is -2.10. The molecule has 148 valence electrons. The Kier molecular flexibility index (Phi) is 6.69. The fraction of sp³-hybridized carbons (Fsp3) is 0.0909. The van der Waals surface area contributed by atoms with Crippen molar-refractivity contribution >= 4 is 52.2 Å². The summed E-state index contributed by atoms with van der Waals surface area (Å²) in [4.78, 5) is 25.6. The van der Waals surface area contributed by atoms with E-state index in [0.29, 0.717) is 22.1 Å². The van der Waals surface area contributed by atoms with Gasteiger partial charge in [0.2, 0.25) is 11.8 Å². The Labute approximate surface area is 178 Å². The van der Waals surface area contributed by atoms with Crippen molar-refractivity contribution in [1.29, 1.82) is 0 Å². The highest BCUT2D eigenvalue weighted by molar-refractivity contribution is 7.16. The summed E-state index contributed by atoms with van der Waals surface area (Å²) in [6.45, 7) is 1.42. The normalized spacial score (nSPS) is 10.7. The van der Waals surface area contributed by atoms with Crippen LogP contribution in [0, 0.1) is 0 Å². The maximum Gasteiger partial charge on any atom is 0.248 e. The average Bonchev–Trinajstić information content (AvgIpc) is 3.15. The molecule has 2 N–H and O–H groups in total. The van der Waals surface area contributed by atoms with Crippen molar-refractivity contribution in [1.82, 2.24) is 0 Å². The van der Waals surface area contributed by atoms with E-state index >= 15 is 0 Å². The lowest BCUT2D eigenvalue weighted by Gasteiger charge is -2.11. The summed E-state index contributed by atoms with van der Waals surface area (Å²) in [5.74, 6) is 0.00161. The molecular formula is C22H19ClN2O3S. The van der Waals surface area contributed by atoms with Gasteiger partial charge >= 0.3 is 0 Å². The van der Waals surface area contributed by atoms with E-state index in [9.17, 15) is 9.59 Å². The third kappa shape index (κ3) is 5.70. The van der Waals surface area contributed by atoms with Gasteiger partial charge in [0.05, 0.1) is 12.8 Å². The molecule has 0 aliphatic carbocycles. The van der Waals surface area contributed by atoms with E-state index in [2.05, 4.69) is 10.6 Å². The molecule has 0 aliphatic heterocycles. The minimum absolute atomic E-state index is 0.194. The van der Waals surface area contributed by atoms with Crippen LogP contribution in [0.3, 0.4) is 0 Å². The third-order valence-corrected chi connectivity index (χ3v) is 5.25. The molecule has 1 heterocycles. The SMILES string of the molecule is COc1ccc(NC(C)=O)cc1NC(=O)/C=C/c1ccc(-c2cccc(Cl)c2)s1. The zero-order valence-corrected chi connectivity index (χ0v) is 17.4. The smallest absolute Gasteiger partial charge is 0.248 e. The summed E-state index contributed by atoms with van der Waals surface area (Å²) in [5.41, 5.74) is 2.08. The second-order valence-corrected chi connectivity index (χ2v) is 7.68. The molecule has 3 rings (SSSR count). The van der Waals surface area contributed by atoms with Crippen molar-refractivity contribution < 1.29 is 14.3 Å². The van der Waals surface area contributed by atoms with E-state index in [1.165, 1.54) is 20.1 Å². The molecule has 0 spiro atoms. The van der Waals surface area contributed by atoms with E-state index in [1.54, 1.807) is 35.6 Å². The molecule has 5 nitrogen and oxygen atoms in total. The third-order valence-electron chi connectivity index (χ3n) is 3.91. The number of benzene rings is 2. The molecule has 1 aromatic heterocycles. The first kappa shape index (κ1) is 20.6. The van der Waals surface area contributed by atoms with E-state index in [0.717, 1.165) is 15.3 Å². The molecule has 0 aliphatic rings. The maximum absolute atomic E-state index is 12.4. The van der Waals surface area contributed by atoms with E-state index < -0.39 is 0 Å². The number of methoxy groups -OCH3 is 1. The molecule has 2 aromatic carbocycles. The number of amides is 2. The van der Waals surface area contributed by atoms with Crippen molar-refractivity contribution in [2.75, 3.05) is 17.7 Å². The molecule has 3 aromatic rings. The number of ether oxygens (including phenoxy) is 1. The minimum atomic E-state index is -0.305. The molecular weight excluding hydrogens is 408 g/mol. The number of hydrogen-bond donors (Lipinski definition) is 2. The van der Waals surface area contributed by atoms with Crippen LogP contribution in [0.4, 0.5) is 11.4 Å². The molecule has 0 fully saturated rings. The highest BCUT2D eigenvalue weighted by atomic mass is 35.5. The summed E-state index contributed by atoms with van der Waals surface area (Å²) < 4.78 is 5.27. The molecule has 0 bridgehead atoms. The average molecular weight is 427 g/mol.